The van der Waals surface area contributed by atoms with Crippen molar-refractivity contribution in [1.82, 2.24) is 0 Å². The molecule has 2 aromatic rings. The lowest BCUT2D eigenvalue weighted by Gasteiger charge is -2.15. The van der Waals surface area contributed by atoms with Crippen LogP contribution in [0.15, 0.2) is 72.6 Å². The number of hydrogen-bond acceptors (Lipinski definition) is 1. The number of hydrogen-bond donors (Lipinski definition) is 0. The van der Waals surface area contributed by atoms with Crippen LogP contribution >= 0.6 is 18.7 Å². The van der Waals surface area contributed by atoms with Crippen molar-refractivity contribution in [3.63, 3.8) is 0 Å². The van der Waals surface area contributed by atoms with Crippen LogP contribution in [0.1, 0.15) is 0 Å². The molecule has 0 atom stereocenters. The van der Waals surface area contributed by atoms with Crippen LogP contribution in [0.4, 0.5) is 0 Å². The summed E-state index contributed by atoms with van der Waals surface area (Å²) in [5, 5.41) is 1.66. The van der Waals surface area contributed by atoms with E-state index in [4.69, 9.17) is 11.6 Å². The van der Waals surface area contributed by atoms with Gasteiger partial charge in [-0.3, -0.25) is 0 Å². The van der Waals surface area contributed by atoms with E-state index in [0.29, 0.717) is 5.88 Å². The summed E-state index contributed by atoms with van der Waals surface area (Å²) in [6.45, 7) is 0. The van der Waals surface area contributed by atoms with E-state index in [2.05, 4.69) is 0 Å². The average molecular weight is 277 g/mol. The van der Waals surface area contributed by atoms with Gasteiger partial charge in [-0.15, -0.1) is 11.6 Å². The van der Waals surface area contributed by atoms with E-state index in [0.717, 1.165) is 10.6 Å². The van der Waals surface area contributed by atoms with Gasteiger partial charge in [-0.05, 0) is 5.82 Å². The molecule has 0 saturated carbocycles. The van der Waals surface area contributed by atoms with Crippen molar-refractivity contribution in [3.8, 4) is 0 Å². The largest absolute Gasteiger partial charge is 0.309 e. The SMILES string of the molecule is O=P(/C=C/CCl)(c1ccccc1)c1ccccc1. The number of allylic oxidation sites excluding steroid dienone is 1. The van der Waals surface area contributed by atoms with Crippen LogP contribution in [0.2, 0.25) is 0 Å². The Morgan fingerprint density at radius 2 is 1.33 bits per heavy atom. The molecule has 0 radical (unpaired) electrons. The molecular weight excluding hydrogens is 263 g/mol. The molecule has 0 heterocycles. The second-order valence-electron chi connectivity index (χ2n) is 3.87. The molecule has 2 aromatic carbocycles. The van der Waals surface area contributed by atoms with E-state index in [1.807, 2.05) is 60.7 Å². The normalized spacial score (nSPS) is 11.8. The van der Waals surface area contributed by atoms with Gasteiger partial charge in [0.15, 0.2) is 7.14 Å². The summed E-state index contributed by atoms with van der Waals surface area (Å²) in [6.07, 6.45) is 1.75. The third-order valence-electron chi connectivity index (χ3n) is 2.68. The van der Waals surface area contributed by atoms with E-state index < -0.39 is 7.14 Å². The predicted octanol–water partition coefficient (Wildman–Crippen LogP) is 3.75. The highest BCUT2D eigenvalue weighted by Gasteiger charge is 2.23. The second kappa shape index (κ2) is 6.04. The Balaban J connectivity index is 2.56. The highest BCUT2D eigenvalue weighted by Crippen LogP contribution is 2.44. The third-order valence-corrected chi connectivity index (χ3v) is 5.62. The molecule has 0 amide bonds. The van der Waals surface area contributed by atoms with Crippen molar-refractivity contribution >= 4 is 29.4 Å². The van der Waals surface area contributed by atoms with Crippen molar-refractivity contribution in [2.24, 2.45) is 0 Å². The summed E-state index contributed by atoms with van der Waals surface area (Å²) < 4.78 is 13.2. The van der Waals surface area contributed by atoms with Crippen molar-refractivity contribution < 1.29 is 4.57 Å². The zero-order valence-electron chi connectivity index (χ0n) is 9.87. The lowest BCUT2D eigenvalue weighted by molar-refractivity contribution is 0.592. The summed E-state index contributed by atoms with van der Waals surface area (Å²) in [6, 6.07) is 19.0. The van der Waals surface area contributed by atoms with E-state index in [9.17, 15) is 4.57 Å². The Kier molecular flexibility index (Phi) is 4.41. The van der Waals surface area contributed by atoms with Crippen LogP contribution in [0.25, 0.3) is 0 Å². The molecule has 0 unspecified atom stereocenters. The Bertz CT molecular complexity index is 520. The van der Waals surface area contributed by atoms with Gasteiger partial charge in [0.1, 0.15) is 0 Å². The monoisotopic (exact) mass is 276 g/mol. The van der Waals surface area contributed by atoms with Crippen LogP contribution in [0.5, 0.6) is 0 Å². The summed E-state index contributed by atoms with van der Waals surface area (Å²) in [7, 11) is -2.71. The molecule has 0 bridgehead atoms. The van der Waals surface area contributed by atoms with Crippen molar-refractivity contribution in [3.05, 3.63) is 72.6 Å². The molecule has 1 nitrogen and oxygen atoms in total. The fourth-order valence-electron chi connectivity index (χ4n) is 1.81. The molecule has 0 fully saturated rings. The standard InChI is InChI=1S/C15H14ClOP/c16-12-7-13-18(17,14-8-3-1-4-9-14)15-10-5-2-6-11-15/h1-11,13H,12H2/b13-7+. The Morgan fingerprint density at radius 1 is 0.889 bits per heavy atom. The predicted molar refractivity (Wildman–Crippen MR) is 79.6 cm³/mol. The molecule has 92 valence electrons. The molecule has 0 aliphatic heterocycles. The first-order chi connectivity index (χ1) is 8.77. The van der Waals surface area contributed by atoms with E-state index >= 15 is 0 Å². The Morgan fingerprint density at radius 3 is 1.72 bits per heavy atom. The summed E-state index contributed by atoms with van der Waals surface area (Å²) in [4.78, 5) is 0. The van der Waals surface area contributed by atoms with Gasteiger partial charge in [-0.2, -0.15) is 0 Å². The van der Waals surface area contributed by atoms with E-state index in [1.165, 1.54) is 0 Å². The van der Waals surface area contributed by atoms with Crippen LogP contribution < -0.4 is 10.6 Å². The van der Waals surface area contributed by atoms with Gasteiger partial charge in [0, 0.05) is 16.5 Å². The van der Waals surface area contributed by atoms with Gasteiger partial charge in [-0.25, -0.2) is 0 Å². The minimum absolute atomic E-state index is 0.365. The minimum Gasteiger partial charge on any atom is -0.309 e. The molecule has 18 heavy (non-hydrogen) atoms. The first kappa shape index (κ1) is 13.1. The maximum absolute atomic E-state index is 13.2. The molecule has 0 N–H and O–H groups in total. The first-order valence-electron chi connectivity index (χ1n) is 5.72. The maximum atomic E-state index is 13.2. The number of benzene rings is 2. The van der Waals surface area contributed by atoms with Crippen molar-refractivity contribution in [2.45, 2.75) is 0 Å². The van der Waals surface area contributed by atoms with Crippen molar-refractivity contribution in [1.29, 1.82) is 0 Å². The molecule has 0 spiro atoms. The lowest BCUT2D eigenvalue weighted by atomic mass is 10.4. The molecule has 0 aliphatic carbocycles. The van der Waals surface area contributed by atoms with Gasteiger partial charge in [0.05, 0.1) is 0 Å². The molecule has 3 heteroatoms. The van der Waals surface area contributed by atoms with E-state index in [1.54, 1.807) is 11.9 Å². The lowest BCUT2D eigenvalue weighted by Crippen LogP contribution is -2.13. The van der Waals surface area contributed by atoms with Crippen molar-refractivity contribution in [2.75, 3.05) is 5.88 Å². The van der Waals surface area contributed by atoms with Crippen LogP contribution in [-0.2, 0) is 4.57 Å². The zero-order valence-corrected chi connectivity index (χ0v) is 11.5. The van der Waals surface area contributed by atoms with Gasteiger partial charge >= 0.3 is 0 Å². The molecule has 0 aliphatic rings. The summed E-state index contributed by atoms with van der Waals surface area (Å²) >= 11 is 5.67. The zero-order chi connectivity index (χ0) is 12.8. The second-order valence-corrected chi connectivity index (χ2v) is 6.82. The molecule has 2 rings (SSSR count). The van der Waals surface area contributed by atoms with Crippen LogP contribution in [0.3, 0.4) is 0 Å². The fraction of sp³-hybridized carbons (Fsp3) is 0.0667. The van der Waals surface area contributed by atoms with Crippen LogP contribution in [0, 0.1) is 0 Å². The molecule has 0 saturated heterocycles. The number of alkyl halides is 1. The Hall–Kier alpha value is -1.30. The van der Waals surface area contributed by atoms with E-state index in [-0.39, 0.29) is 0 Å². The number of halogens is 1. The molecular formula is C15H14ClOP. The summed E-state index contributed by atoms with van der Waals surface area (Å²) in [5.41, 5.74) is 0. The fourth-order valence-corrected chi connectivity index (χ4v) is 4.30. The highest BCUT2D eigenvalue weighted by atomic mass is 35.5. The maximum Gasteiger partial charge on any atom is 0.163 e. The van der Waals surface area contributed by atoms with Gasteiger partial charge in [0.25, 0.3) is 0 Å². The smallest absolute Gasteiger partial charge is 0.163 e. The topological polar surface area (TPSA) is 17.1 Å². The third kappa shape index (κ3) is 2.75. The number of rotatable bonds is 4. The molecule has 0 aromatic heterocycles. The average Bonchev–Trinajstić information content (AvgIpc) is 2.46. The Labute approximate surface area is 112 Å². The summed E-state index contributed by atoms with van der Waals surface area (Å²) in [5.74, 6) is 2.11. The van der Waals surface area contributed by atoms with Gasteiger partial charge in [0.2, 0.25) is 0 Å². The first-order valence-corrected chi connectivity index (χ1v) is 8.03. The quantitative estimate of drug-likeness (QED) is 0.614. The van der Waals surface area contributed by atoms with Crippen LogP contribution in [-0.4, -0.2) is 5.88 Å². The van der Waals surface area contributed by atoms with Gasteiger partial charge < -0.3 is 4.57 Å². The minimum atomic E-state index is -2.71. The highest BCUT2D eigenvalue weighted by molar-refractivity contribution is 7.81. The van der Waals surface area contributed by atoms with Gasteiger partial charge in [-0.1, -0.05) is 66.7 Å².